The maximum absolute atomic E-state index is 14.8. The summed E-state index contributed by atoms with van der Waals surface area (Å²) in [7, 11) is 1.65. The Morgan fingerprint density at radius 2 is 1.88 bits per heavy atom. The van der Waals surface area contributed by atoms with Gasteiger partial charge in [-0.25, -0.2) is 13.6 Å². The molecule has 168 valence electrons. The second-order valence-electron chi connectivity index (χ2n) is 8.63. The van der Waals surface area contributed by atoms with E-state index in [1.165, 1.54) is 33.4 Å². The fourth-order valence-electron chi connectivity index (χ4n) is 4.85. The van der Waals surface area contributed by atoms with Gasteiger partial charge in [0.05, 0.1) is 11.7 Å². The molecule has 0 unspecified atom stereocenters. The molecule has 1 fully saturated rings. The highest BCUT2D eigenvalue weighted by Gasteiger charge is 2.38. The molecule has 3 aromatic rings. The quantitative estimate of drug-likeness (QED) is 0.602. The minimum Gasteiger partial charge on any atom is -0.481 e. The fraction of sp³-hybridized carbons (Fsp3) is 0.375. The lowest BCUT2D eigenvalue weighted by Gasteiger charge is -2.26. The summed E-state index contributed by atoms with van der Waals surface area (Å²) < 4.78 is 38.5. The van der Waals surface area contributed by atoms with Crippen LogP contribution in [-0.4, -0.2) is 21.2 Å². The molecule has 0 saturated heterocycles. The van der Waals surface area contributed by atoms with Crippen molar-refractivity contribution in [3.05, 3.63) is 81.0 Å². The number of halogens is 3. The molecule has 5 rings (SSSR count). The van der Waals surface area contributed by atoms with E-state index >= 15 is 0 Å². The number of fused-ring (bicyclic) bond motifs is 1. The lowest BCUT2D eigenvalue weighted by atomic mass is 10.1. The third-order valence-corrected chi connectivity index (χ3v) is 6.71. The summed E-state index contributed by atoms with van der Waals surface area (Å²) in [5.74, 6) is -0.912. The van der Waals surface area contributed by atoms with Gasteiger partial charge in [-0.2, -0.15) is 0 Å². The SMILES string of the molecule is Cn1ccn(-c2ccc(F)c(O[C@H]3c4cc(Cl)cc(F)c4C[C@@H]3NC3CCCC3)c2)c1=O. The Balaban J connectivity index is 1.51. The summed E-state index contributed by atoms with van der Waals surface area (Å²) in [5.41, 5.74) is 1.42. The van der Waals surface area contributed by atoms with Crippen LogP contribution in [0, 0.1) is 11.6 Å². The first-order valence-electron chi connectivity index (χ1n) is 10.8. The van der Waals surface area contributed by atoms with E-state index in [9.17, 15) is 13.6 Å². The Morgan fingerprint density at radius 3 is 2.59 bits per heavy atom. The lowest BCUT2D eigenvalue weighted by Crippen LogP contribution is -2.41. The van der Waals surface area contributed by atoms with Crippen molar-refractivity contribution in [2.45, 2.75) is 50.3 Å². The van der Waals surface area contributed by atoms with Gasteiger partial charge in [0.1, 0.15) is 11.9 Å². The monoisotopic (exact) mass is 459 g/mol. The second kappa shape index (κ2) is 8.37. The highest BCUT2D eigenvalue weighted by Crippen LogP contribution is 2.40. The van der Waals surface area contributed by atoms with Crippen LogP contribution >= 0.6 is 11.6 Å². The normalized spacial score (nSPS) is 20.6. The molecule has 0 radical (unpaired) electrons. The zero-order valence-electron chi connectivity index (χ0n) is 17.7. The van der Waals surface area contributed by atoms with Crippen molar-refractivity contribution >= 4 is 11.6 Å². The van der Waals surface area contributed by atoms with Crippen LogP contribution in [0.1, 0.15) is 42.9 Å². The van der Waals surface area contributed by atoms with Gasteiger partial charge in [-0.15, -0.1) is 0 Å². The average molecular weight is 460 g/mol. The number of aromatic nitrogens is 2. The third-order valence-electron chi connectivity index (χ3n) is 6.49. The van der Waals surface area contributed by atoms with Crippen molar-refractivity contribution in [2.75, 3.05) is 0 Å². The van der Waals surface area contributed by atoms with Crippen molar-refractivity contribution in [2.24, 2.45) is 7.05 Å². The first-order chi connectivity index (χ1) is 15.4. The summed E-state index contributed by atoms with van der Waals surface area (Å²) in [6.07, 6.45) is 7.52. The van der Waals surface area contributed by atoms with E-state index < -0.39 is 11.9 Å². The van der Waals surface area contributed by atoms with E-state index in [1.54, 1.807) is 25.5 Å². The van der Waals surface area contributed by atoms with Gasteiger partial charge in [0, 0.05) is 42.1 Å². The van der Waals surface area contributed by atoms with Crippen molar-refractivity contribution in [3.8, 4) is 11.4 Å². The molecular weight excluding hydrogens is 436 g/mol. The number of benzene rings is 2. The molecule has 1 saturated carbocycles. The topological polar surface area (TPSA) is 48.2 Å². The molecule has 1 aromatic heterocycles. The summed E-state index contributed by atoms with van der Waals surface area (Å²) in [5, 5.41) is 3.88. The molecule has 2 atom stereocenters. The molecule has 1 N–H and O–H groups in total. The van der Waals surface area contributed by atoms with Gasteiger partial charge in [-0.3, -0.25) is 4.57 Å². The molecule has 8 heteroatoms. The van der Waals surface area contributed by atoms with Gasteiger partial charge >= 0.3 is 5.69 Å². The smallest absolute Gasteiger partial charge is 0.332 e. The fourth-order valence-corrected chi connectivity index (χ4v) is 5.07. The first kappa shape index (κ1) is 21.2. The Kier molecular flexibility index (Phi) is 5.55. The lowest BCUT2D eigenvalue weighted by molar-refractivity contribution is 0.153. The Morgan fingerprint density at radius 1 is 1.09 bits per heavy atom. The summed E-state index contributed by atoms with van der Waals surface area (Å²) in [4.78, 5) is 12.3. The van der Waals surface area contributed by atoms with E-state index in [0.29, 0.717) is 29.3 Å². The molecule has 0 spiro atoms. The Labute approximate surface area is 189 Å². The highest BCUT2D eigenvalue weighted by molar-refractivity contribution is 6.30. The maximum atomic E-state index is 14.8. The zero-order chi connectivity index (χ0) is 22.4. The molecular formula is C24H24ClF2N3O2. The van der Waals surface area contributed by atoms with Gasteiger partial charge in [-0.1, -0.05) is 24.4 Å². The van der Waals surface area contributed by atoms with Gasteiger partial charge in [0.2, 0.25) is 0 Å². The number of hydrogen-bond acceptors (Lipinski definition) is 3. The van der Waals surface area contributed by atoms with Crippen LogP contribution in [0.5, 0.6) is 5.75 Å². The van der Waals surface area contributed by atoms with Crippen LogP contribution < -0.4 is 15.7 Å². The molecule has 2 aliphatic rings. The number of imidazole rings is 1. The van der Waals surface area contributed by atoms with E-state index in [2.05, 4.69) is 5.32 Å². The summed E-state index contributed by atoms with van der Waals surface area (Å²) in [6, 6.07) is 7.43. The highest BCUT2D eigenvalue weighted by atomic mass is 35.5. The van der Waals surface area contributed by atoms with Crippen LogP contribution in [0.15, 0.2) is 47.5 Å². The number of ether oxygens (including phenoxy) is 1. The minimum atomic E-state index is -0.601. The van der Waals surface area contributed by atoms with Crippen LogP contribution in [-0.2, 0) is 13.5 Å². The van der Waals surface area contributed by atoms with E-state index in [-0.39, 0.29) is 28.3 Å². The second-order valence-corrected chi connectivity index (χ2v) is 9.07. The van der Waals surface area contributed by atoms with Gasteiger partial charge in [0.25, 0.3) is 0 Å². The molecule has 5 nitrogen and oxygen atoms in total. The number of hydrogen-bond donors (Lipinski definition) is 1. The summed E-state index contributed by atoms with van der Waals surface area (Å²) >= 11 is 6.14. The number of nitrogens with zero attached hydrogens (tertiary/aromatic N) is 2. The van der Waals surface area contributed by atoms with Crippen molar-refractivity contribution < 1.29 is 13.5 Å². The van der Waals surface area contributed by atoms with Gasteiger partial charge in [0.15, 0.2) is 11.6 Å². The maximum Gasteiger partial charge on any atom is 0.332 e. The molecule has 0 bridgehead atoms. The van der Waals surface area contributed by atoms with Crippen LogP contribution in [0.2, 0.25) is 5.02 Å². The summed E-state index contributed by atoms with van der Waals surface area (Å²) in [6.45, 7) is 0. The zero-order valence-corrected chi connectivity index (χ0v) is 18.4. The number of rotatable bonds is 5. The Bertz CT molecular complexity index is 1220. The molecule has 0 amide bonds. The molecule has 2 aromatic carbocycles. The number of nitrogens with one attached hydrogen (secondary N) is 1. The molecule has 32 heavy (non-hydrogen) atoms. The predicted molar refractivity (Wildman–Crippen MR) is 119 cm³/mol. The standard InChI is InChI=1S/C24H24ClF2N3O2/c1-29-8-9-30(24(29)31)16-6-7-19(26)22(12-16)32-23-18-10-14(25)11-20(27)17(18)13-21(23)28-15-4-2-3-5-15/h6-12,15,21,23,28H,2-5,13H2,1H3/t21-,23-/m0/s1. The van der Waals surface area contributed by atoms with Gasteiger partial charge in [-0.05, 0) is 49.1 Å². The molecule has 1 heterocycles. The van der Waals surface area contributed by atoms with Crippen LogP contribution in [0.25, 0.3) is 5.69 Å². The average Bonchev–Trinajstić information content (AvgIpc) is 3.47. The molecule has 2 aliphatic carbocycles. The Hall–Kier alpha value is -2.64. The predicted octanol–water partition coefficient (Wildman–Crippen LogP) is 4.68. The van der Waals surface area contributed by atoms with E-state index in [1.807, 2.05) is 0 Å². The van der Waals surface area contributed by atoms with E-state index in [4.69, 9.17) is 16.3 Å². The van der Waals surface area contributed by atoms with Gasteiger partial charge < -0.3 is 14.6 Å². The minimum absolute atomic E-state index is 0.00899. The largest absolute Gasteiger partial charge is 0.481 e. The van der Waals surface area contributed by atoms with Crippen LogP contribution in [0.4, 0.5) is 8.78 Å². The van der Waals surface area contributed by atoms with Crippen molar-refractivity contribution in [1.29, 1.82) is 0 Å². The molecule has 0 aliphatic heterocycles. The van der Waals surface area contributed by atoms with Crippen molar-refractivity contribution in [3.63, 3.8) is 0 Å². The van der Waals surface area contributed by atoms with Crippen molar-refractivity contribution in [1.82, 2.24) is 14.5 Å². The third kappa shape index (κ3) is 3.84. The van der Waals surface area contributed by atoms with Crippen LogP contribution in [0.3, 0.4) is 0 Å². The first-order valence-corrected chi connectivity index (χ1v) is 11.2. The number of aryl methyl sites for hydroxylation is 1. The van der Waals surface area contributed by atoms with E-state index in [0.717, 1.165) is 25.7 Å².